The van der Waals surface area contributed by atoms with Crippen LogP contribution in [0.4, 0.5) is 5.69 Å². The SMILES string of the molecule is O=C(O)c1cc(Cl)c([N+](=O)[O-])cc1Cl. The molecule has 1 aromatic carbocycles. The highest BCUT2D eigenvalue weighted by molar-refractivity contribution is 6.36. The molecule has 0 radical (unpaired) electrons. The zero-order valence-electron chi connectivity index (χ0n) is 6.53. The smallest absolute Gasteiger partial charge is 0.337 e. The van der Waals surface area contributed by atoms with Gasteiger partial charge in [0.2, 0.25) is 0 Å². The molecule has 0 fully saturated rings. The molecule has 5 nitrogen and oxygen atoms in total. The Morgan fingerprint density at radius 1 is 1.36 bits per heavy atom. The number of hydrogen-bond acceptors (Lipinski definition) is 3. The lowest BCUT2D eigenvalue weighted by atomic mass is 10.2. The largest absolute Gasteiger partial charge is 0.478 e. The lowest BCUT2D eigenvalue weighted by Gasteiger charge is -2.00. The third kappa shape index (κ3) is 1.94. The number of nitro benzene ring substituents is 1. The molecule has 0 heterocycles. The van der Waals surface area contributed by atoms with Crippen LogP contribution >= 0.6 is 23.2 Å². The van der Waals surface area contributed by atoms with Crippen molar-refractivity contribution in [3.05, 3.63) is 37.9 Å². The molecular formula is C7H3Cl2NO4. The van der Waals surface area contributed by atoms with Crippen molar-refractivity contribution in [1.29, 1.82) is 0 Å². The van der Waals surface area contributed by atoms with Crippen molar-refractivity contribution >= 4 is 34.9 Å². The number of benzene rings is 1. The van der Waals surface area contributed by atoms with E-state index < -0.39 is 16.6 Å². The molecule has 1 rings (SSSR count). The first-order valence-corrected chi connectivity index (χ1v) is 4.06. The molecule has 1 N–H and O–H groups in total. The Hall–Kier alpha value is -1.33. The van der Waals surface area contributed by atoms with Gasteiger partial charge in [-0.25, -0.2) is 4.79 Å². The lowest BCUT2D eigenvalue weighted by Crippen LogP contribution is -1.99. The first-order valence-electron chi connectivity index (χ1n) is 3.30. The number of nitrogens with zero attached hydrogens (tertiary/aromatic N) is 1. The molecule has 7 heteroatoms. The molecule has 0 unspecified atom stereocenters. The Labute approximate surface area is 88.0 Å². The standard InChI is InChI=1S/C7H3Cl2NO4/c8-4-2-6(10(13)14)5(9)1-3(4)7(11)12/h1-2H,(H,11,12). The summed E-state index contributed by atoms with van der Waals surface area (Å²) in [6.45, 7) is 0. The fraction of sp³-hybridized carbons (Fsp3) is 0. The summed E-state index contributed by atoms with van der Waals surface area (Å²) in [5.41, 5.74) is -0.677. The van der Waals surface area contributed by atoms with Crippen molar-refractivity contribution < 1.29 is 14.8 Å². The maximum Gasteiger partial charge on any atom is 0.337 e. The lowest BCUT2D eigenvalue weighted by molar-refractivity contribution is -0.384. The van der Waals surface area contributed by atoms with Gasteiger partial charge in [0.05, 0.1) is 15.5 Å². The number of nitro groups is 1. The van der Waals surface area contributed by atoms with Gasteiger partial charge in [-0.1, -0.05) is 23.2 Å². The van der Waals surface area contributed by atoms with Crippen molar-refractivity contribution in [3.8, 4) is 0 Å². The Morgan fingerprint density at radius 3 is 2.36 bits per heavy atom. The van der Waals surface area contributed by atoms with E-state index in [9.17, 15) is 14.9 Å². The monoisotopic (exact) mass is 235 g/mol. The predicted octanol–water partition coefficient (Wildman–Crippen LogP) is 2.60. The second-order valence-corrected chi connectivity index (χ2v) is 3.16. The van der Waals surface area contributed by atoms with Gasteiger partial charge in [0.15, 0.2) is 0 Å². The van der Waals surface area contributed by atoms with E-state index in [2.05, 4.69) is 0 Å². The van der Waals surface area contributed by atoms with Gasteiger partial charge >= 0.3 is 5.97 Å². The second-order valence-electron chi connectivity index (χ2n) is 2.35. The van der Waals surface area contributed by atoms with Gasteiger partial charge in [-0.05, 0) is 6.07 Å². The summed E-state index contributed by atoms with van der Waals surface area (Å²) < 4.78 is 0. The molecule has 74 valence electrons. The molecule has 0 spiro atoms. The van der Waals surface area contributed by atoms with Crippen LogP contribution in [0.1, 0.15) is 10.4 Å². The number of carboxylic acid groups (broad SMARTS) is 1. The number of carboxylic acids is 1. The topological polar surface area (TPSA) is 80.4 Å². The summed E-state index contributed by atoms with van der Waals surface area (Å²) in [4.78, 5) is 20.2. The normalized spacial score (nSPS) is 9.86. The van der Waals surface area contributed by atoms with Crippen LogP contribution in [0.15, 0.2) is 12.1 Å². The first-order chi connectivity index (χ1) is 6.43. The van der Waals surface area contributed by atoms with Crippen LogP contribution in [0.25, 0.3) is 0 Å². The second kappa shape index (κ2) is 3.81. The minimum absolute atomic E-state index is 0.214. The molecule has 0 saturated heterocycles. The molecule has 14 heavy (non-hydrogen) atoms. The third-order valence-electron chi connectivity index (χ3n) is 1.46. The van der Waals surface area contributed by atoms with Crippen LogP contribution in [-0.4, -0.2) is 16.0 Å². The Bertz CT molecular complexity index is 379. The van der Waals surface area contributed by atoms with Crippen molar-refractivity contribution in [2.75, 3.05) is 0 Å². The van der Waals surface area contributed by atoms with Crippen LogP contribution in [0, 0.1) is 10.1 Å². The van der Waals surface area contributed by atoms with Crippen molar-refractivity contribution in [3.63, 3.8) is 0 Å². The van der Waals surface area contributed by atoms with E-state index in [-0.39, 0.29) is 15.6 Å². The minimum atomic E-state index is -1.29. The molecular weight excluding hydrogens is 233 g/mol. The van der Waals surface area contributed by atoms with Crippen LogP contribution in [0.5, 0.6) is 0 Å². The number of carbonyl (C=O) groups is 1. The maximum absolute atomic E-state index is 10.5. The molecule has 0 amide bonds. The number of hydrogen-bond donors (Lipinski definition) is 1. The van der Waals surface area contributed by atoms with Gasteiger partial charge in [-0.15, -0.1) is 0 Å². The van der Waals surface area contributed by atoms with E-state index >= 15 is 0 Å². The maximum atomic E-state index is 10.5. The molecule has 0 saturated carbocycles. The summed E-state index contributed by atoms with van der Waals surface area (Å²) in [7, 11) is 0. The highest BCUT2D eigenvalue weighted by Crippen LogP contribution is 2.30. The minimum Gasteiger partial charge on any atom is -0.478 e. The predicted molar refractivity (Wildman–Crippen MR) is 50.1 cm³/mol. The van der Waals surface area contributed by atoms with Gasteiger partial charge in [0.1, 0.15) is 5.02 Å². The zero-order chi connectivity index (χ0) is 10.9. The van der Waals surface area contributed by atoms with Gasteiger partial charge in [-0.2, -0.15) is 0 Å². The van der Waals surface area contributed by atoms with Crippen molar-refractivity contribution in [2.24, 2.45) is 0 Å². The third-order valence-corrected chi connectivity index (χ3v) is 2.08. The highest BCUT2D eigenvalue weighted by atomic mass is 35.5. The zero-order valence-corrected chi connectivity index (χ0v) is 8.04. The number of halogens is 2. The number of aromatic carboxylic acids is 1. The summed E-state index contributed by atoms with van der Waals surface area (Å²) in [6, 6.07) is 1.86. The van der Waals surface area contributed by atoms with E-state index in [1.54, 1.807) is 0 Å². The summed E-state index contributed by atoms with van der Waals surface area (Å²) in [5.74, 6) is -1.29. The van der Waals surface area contributed by atoms with Crippen molar-refractivity contribution in [2.45, 2.75) is 0 Å². The molecule has 0 bridgehead atoms. The fourth-order valence-corrected chi connectivity index (χ4v) is 1.31. The van der Waals surface area contributed by atoms with Gasteiger partial charge in [0, 0.05) is 6.07 Å². The Kier molecular flexibility index (Phi) is 2.93. The van der Waals surface area contributed by atoms with E-state index in [0.29, 0.717) is 0 Å². The van der Waals surface area contributed by atoms with Gasteiger partial charge in [0.25, 0.3) is 5.69 Å². The van der Waals surface area contributed by atoms with Crippen LogP contribution in [0.3, 0.4) is 0 Å². The molecule has 0 atom stereocenters. The van der Waals surface area contributed by atoms with Crippen molar-refractivity contribution in [1.82, 2.24) is 0 Å². The molecule has 0 aliphatic heterocycles. The van der Waals surface area contributed by atoms with Gasteiger partial charge in [-0.3, -0.25) is 10.1 Å². The molecule has 0 aromatic heterocycles. The summed E-state index contributed by atoms with van der Waals surface area (Å²) >= 11 is 11.0. The number of rotatable bonds is 2. The molecule has 0 aliphatic carbocycles. The first kappa shape index (κ1) is 10.7. The highest BCUT2D eigenvalue weighted by Gasteiger charge is 2.18. The van der Waals surface area contributed by atoms with E-state index in [0.717, 1.165) is 12.1 Å². The Balaban J connectivity index is 3.38. The van der Waals surface area contributed by atoms with Gasteiger partial charge < -0.3 is 5.11 Å². The summed E-state index contributed by atoms with van der Waals surface area (Å²) in [5, 5.41) is 18.5. The van der Waals surface area contributed by atoms with E-state index in [4.69, 9.17) is 28.3 Å². The quantitative estimate of drug-likeness (QED) is 0.631. The van der Waals surface area contributed by atoms with E-state index in [1.165, 1.54) is 0 Å². The molecule has 0 aliphatic rings. The van der Waals surface area contributed by atoms with E-state index in [1.807, 2.05) is 0 Å². The average Bonchev–Trinajstić information content (AvgIpc) is 2.07. The Morgan fingerprint density at radius 2 is 1.93 bits per heavy atom. The summed E-state index contributed by atoms with van der Waals surface area (Å²) in [6.07, 6.45) is 0. The average molecular weight is 236 g/mol. The van der Waals surface area contributed by atoms with Crippen LogP contribution < -0.4 is 0 Å². The molecule has 1 aromatic rings. The van der Waals surface area contributed by atoms with Crippen LogP contribution in [-0.2, 0) is 0 Å². The fourth-order valence-electron chi connectivity index (χ4n) is 0.840. The van der Waals surface area contributed by atoms with Crippen LogP contribution in [0.2, 0.25) is 10.0 Å².